The number of anilines is 1. The summed E-state index contributed by atoms with van der Waals surface area (Å²) in [5.74, 6) is -1.51. The SMILES string of the molecule is Cc1n[nH]c(C)c1-c1cnc(N)c(-c2nncn2-c2cccc(F)c2F)c1. The molecule has 0 radical (unpaired) electrons. The number of halogens is 2. The smallest absolute Gasteiger partial charge is 0.182 e. The van der Waals surface area contributed by atoms with Crippen LogP contribution in [0.5, 0.6) is 0 Å². The van der Waals surface area contributed by atoms with Gasteiger partial charge in [-0.25, -0.2) is 13.8 Å². The Labute approximate surface area is 152 Å². The molecule has 0 aliphatic carbocycles. The van der Waals surface area contributed by atoms with Crippen LogP contribution in [0.1, 0.15) is 11.4 Å². The van der Waals surface area contributed by atoms with Gasteiger partial charge in [0.1, 0.15) is 12.1 Å². The van der Waals surface area contributed by atoms with Gasteiger partial charge in [-0.3, -0.25) is 9.67 Å². The number of aromatic amines is 1. The summed E-state index contributed by atoms with van der Waals surface area (Å²) in [6, 6.07) is 5.67. The minimum absolute atomic E-state index is 0.0181. The van der Waals surface area contributed by atoms with Crippen LogP contribution in [0.4, 0.5) is 14.6 Å². The zero-order chi connectivity index (χ0) is 19.1. The zero-order valence-corrected chi connectivity index (χ0v) is 14.5. The van der Waals surface area contributed by atoms with E-state index in [2.05, 4.69) is 25.4 Å². The lowest BCUT2D eigenvalue weighted by Gasteiger charge is -2.11. The van der Waals surface area contributed by atoms with E-state index < -0.39 is 11.6 Å². The highest BCUT2D eigenvalue weighted by atomic mass is 19.2. The predicted octanol–water partition coefficient (Wildman–Crippen LogP) is 3.20. The Morgan fingerprint density at radius 3 is 2.74 bits per heavy atom. The number of nitrogen functional groups attached to an aromatic ring is 1. The van der Waals surface area contributed by atoms with Crippen molar-refractivity contribution in [2.75, 3.05) is 5.73 Å². The van der Waals surface area contributed by atoms with Crippen LogP contribution < -0.4 is 5.73 Å². The van der Waals surface area contributed by atoms with Crippen molar-refractivity contribution in [1.29, 1.82) is 0 Å². The maximum Gasteiger partial charge on any atom is 0.182 e. The van der Waals surface area contributed by atoms with Crippen LogP contribution >= 0.6 is 0 Å². The maximum atomic E-state index is 14.3. The number of pyridine rings is 1. The fourth-order valence-corrected chi connectivity index (χ4v) is 3.04. The number of rotatable bonds is 3. The van der Waals surface area contributed by atoms with E-state index in [0.29, 0.717) is 5.56 Å². The molecule has 9 heteroatoms. The lowest BCUT2D eigenvalue weighted by Crippen LogP contribution is -2.04. The van der Waals surface area contributed by atoms with Crippen molar-refractivity contribution in [3.8, 4) is 28.2 Å². The molecule has 0 aliphatic heterocycles. The highest BCUT2D eigenvalue weighted by molar-refractivity contribution is 5.78. The molecule has 0 atom stereocenters. The number of nitrogens with two attached hydrogens (primary N) is 1. The first kappa shape index (κ1) is 16.8. The molecule has 0 bridgehead atoms. The van der Waals surface area contributed by atoms with Crippen LogP contribution in [0.15, 0.2) is 36.8 Å². The first-order chi connectivity index (χ1) is 13.0. The topological polar surface area (TPSA) is 98.3 Å². The fraction of sp³-hybridized carbons (Fsp3) is 0.111. The summed E-state index contributed by atoms with van der Waals surface area (Å²) in [6.45, 7) is 3.77. The second-order valence-corrected chi connectivity index (χ2v) is 6.06. The number of H-pyrrole nitrogens is 1. The molecule has 0 unspecified atom stereocenters. The Bertz CT molecular complexity index is 1130. The summed E-state index contributed by atoms with van der Waals surface area (Å²) < 4.78 is 29.2. The van der Waals surface area contributed by atoms with E-state index in [1.807, 2.05) is 13.8 Å². The fourth-order valence-electron chi connectivity index (χ4n) is 3.04. The van der Waals surface area contributed by atoms with Crippen molar-refractivity contribution in [1.82, 2.24) is 29.9 Å². The number of hydrogen-bond acceptors (Lipinski definition) is 5. The third-order valence-electron chi connectivity index (χ3n) is 4.31. The molecule has 4 rings (SSSR count). The highest BCUT2D eigenvalue weighted by Gasteiger charge is 2.19. The normalized spacial score (nSPS) is 11.1. The molecule has 3 N–H and O–H groups in total. The Kier molecular flexibility index (Phi) is 3.91. The largest absolute Gasteiger partial charge is 0.383 e. The molecule has 0 fully saturated rings. The first-order valence-electron chi connectivity index (χ1n) is 8.09. The van der Waals surface area contributed by atoms with Gasteiger partial charge in [-0.1, -0.05) is 6.07 Å². The molecule has 3 heterocycles. The number of nitrogens with zero attached hydrogens (tertiary/aromatic N) is 5. The van der Waals surface area contributed by atoms with Gasteiger partial charge in [-0.2, -0.15) is 5.10 Å². The predicted molar refractivity (Wildman–Crippen MR) is 96.0 cm³/mol. The second-order valence-electron chi connectivity index (χ2n) is 6.06. The molecule has 0 spiro atoms. The molecule has 3 aromatic heterocycles. The third kappa shape index (κ3) is 2.73. The van der Waals surface area contributed by atoms with Crippen LogP contribution in [-0.2, 0) is 0 Å². The summed E-state index contributed by atoms with van der Waals surface area (Å²) >= 11 is 0. The van der Waals surface area contributed by atoms with Crippen LogP contribution in [0.2, 0.25) is 0 Å². The number of aryl methyl sites for hydroxylation is 2. The molecule has 0 amide bonds. The number of benzene rings is 1. The zero-order valence-electron chi connectivity index (χ0n) is 14.5. The Hall–Kier alpha value is -3.62. The van der Waals surface area contributed by atoms with Crippen LogP contribution in [0.3, 0.4) is 0 Å². The van der Waals surface area contributed by atoms with Crippen molar-refractivity contribution in [2.24, 2.45) is 0 Å². The first-order valence-corrected chi connectivity index (χ1v) is 8.09. The van der Waals surface area contributed by atoms with Crippen molar-refractivity contribution in [2.45, 2.75) is 13.8 Å². The van der Waals surface area contributed by atoms with E-state index in [1.54, 1.807) is 12.3 Å². The van der Waals surface area contributed by atoms with Gasteiger partial charge in [-0.05, 0) is 32.0 Å². The average molecular weight is 367 g/mol. The molecule has 136 valence electrons. The molecule has 1 aromatic carbocycles. The number of hydrogen-bond donors (Lipinski definition) is 2. The van der Waals surface area contributed by atoms with Crippen LogP contribution in [0, 0.1) is 25.5 Å². The van der Waals surface area contributed by atoms with E-state index in [9.17, 15) is 8.78 Å². The van der Waals surface area contributed by atoms with Gasteiger partial charge in [-0.15, -0.1) is 10.2 Å². The van der Waals surface area contributed by atoms with E-state index >= 15 is 0 Å². The summed E-state index contributed by atoms with van der Waals surface area (Å²) in [5, 5.41) is 15.0. The van der Waals surface area contributed by atoms with Crippen LogP contribution in [-0.4, -0.2) is 29.9 Å². The van der Waals surface area contributed by atoms with Crippen molar-refractivity contribution >= 4 is 5.82 Å². The standard InChI is InChI=1S/C18H15F2N7/c1-9-15(10(2)25-24-9)11-6-12(17(21)22-7-11)18-26-23-8-27(18)14-5-3-4-13(19)16(14)20/h3-8H,1-2H3,(H2,21,22)(H,24,25). The van der Waals surface area contributed by atoms with Gasteiger partial charge in [0.25, 0.3) is 0 Å². The molecule has 4 aromatic rings. The third-order valence-corrected chi connectivity index (χ3v) is 4.31. The van der Waals surface area contributed by atoms with Gasteiger partial charge < -0.3 is 5.73 Å². The molecule has 7 nitrogen and oxygen atoms in total. The highest BCUT2D eigenvalue weighted by Crippen LogP contribution is 2.32. The van der Waals surface area contributed by atoms with Gasteiger partial charge in [0.05, 0.1) is 16.9 Å². The van der Waals surface area contributed by atoms with Crippen molar-refractivity contribution < 1.29 is 8.78 Å². The van der Waals surface area contributed by atoms with Gasteiger partial charge in [0, 0.05) is 23.0 Å². The molecular formula is C18H15F2N7. The summed E-state index contributed by atoms with van der Waals surface area (Å²) in [4.78, 5) is 4.24. The Balaban J connectivity index is 1.90. The lowest BCUT2D eigenvalue weighted by atomic mass is 10.0. The monoisotopic (exact) mass is 367 g/mol. The molecule has 0 saturated carbocycles. The summed E-state index contributed by atoms with van der Waals surface area (Å²) in [6.07, 6.45) is 2.93. The van der Waals surface area contributed by atoms with Gasteiger partial charge in [0.2, 0.25) is 0 Å². The molecule has 27 heavy (non-hydrogen) atoms. The average Bonchev–Trinajstić information content (AvgIpc) is 3.25. The van der Waals surface area contributed by atoms with Gasteiger partial charge >= 0.3 is 0 Å². The van der Waals surface area contributed by atoms with Crippen molar-refractivity contribution in [3.63, 3.8) is 0 Å². The minimum Gasteiger partial charge on any atom is -0.383 e. The number of aromatic nitrogens is 6. The number of nitrogens with one attached hydrogen (secondary N) is 1. The van der Waals surface area contributed by atoms with E-state index in [0.717, 1.165) is 28.6 Å². The second kappa shape index (κ2) is 6.27. The quantitative estimate of drug-likeness (QED) is 0.579. The maximum absolute atomic E-state index is 14.3. The molecular weight excluding hydrogens is 352 g/mol. The van der Waals surface area contributed by atoms with E-state index in [4.69, 9.17) is 5.73 Å². The summed E-state index contributed by atoms with van der Waals surface area (Å²) in [7, 11) is 0. The Morgan fingerprint density at radius 1 is 1.19 bits per heavy atom. The van der Waals surface area contributed by atoms with Crippen LogP contribution in [0.25, 0.3) is 28.2 Å². The summed E-state index contributed by atoms with van der Waals surface area (Å²) in [5.41, 5.74) is 9.83. The lowest BCUT2D eigenvalue weighted by molar-refractivity contribution is 0.504. The van der Waals surface area contributed by atoms with E-state index in [1.165, 1.54) is 23.0 Å². The molecule has 0 aliphatic rings. The molecule has 0 saturated heterocycles. The van der Waals surface area contributed by atoms with E-state index in [-0.39, 0.29) is 17.3 Å². The van der Waals surface area contributed by atoms with Gasteiger partial charge in [0.15, 0.2) is 17.5 Å². The Morgan fingerprint density at radius 2 is 2.00 bits per heavy atom. The minimum atomic E-state index is -0.997. The van der Waals surface area contributed by atoms with Crippen molar-refractivity contribution in [3.05, 3.63) is 59.8 Å².